The lowest BCUT2D eigenvalue weighted by molar-refractivity contribution is 0.144. The van der Waals surface area contributed by atoms with E-state index in [-0.39, 0.29) is 12.4 Å². The highest BCUT2D eigenvalue weighted by molar-refractivity contribution is 5.97. The fraction of sp³-hybridized carbons (Fsp3) is 0.533. The zero-order valence-electron chi connectivity index (χ0n) is 12.0. The lowest BCUT2D eigenvalue weighted by Crippen LogP contribution is -2.35. The smallest absolute Gasteiger partial charge is 0.170 e. The van der Waals surface area contributed by atoms with Crippen molar-refractivity contribution in [3.8, 4) is 0 Å². The van der Waals surface area contributed by atoms with Crippen LogP contribution in [0.3, 0.4) is 0 Å². The number of hydrogen-bond donors (Lipinski definition) is 3. The van der Waals surface area contributed by atoms with Gasteiger partial charge in [0.1, 0.15) is 5.82 Å². The molecule has 0 amide bonds. The molecule has 0 bridgehead atoms. The van der Waals surface area contributed by atoms with Crippen LogP contribution < -0.4 is 5.73 Å². The average Bonchev–Trinajstić information content (AvgIpc) is 2.99. The number of rotatable bonds is 6. The van der Waals surface area contributed by atoms with Crippen molar-refractivity contribution in [2.45, 2.75) is 38.3 Å². The third-order valence-corrected chi connectivity index (χ3v) is 3.98. The van der Waals surface area contributed by atoms with Crippen LogP contribution in [0.25, 0.3) is 0 Å². The topological polar surface area (TPSA) is 82.1 Å². The van der Waals surface area contributed by atoms with Crippen LogP contribution in [0.1, 0.15) is 36.8 Å². The maximum atomic E-state index is 13.7. The Morgan fingerprint density at radius 1 is 1.33 bits per heavy atom. The zero-order chi connectivity index (χ0) is 15.2. The van der Waals surface area contributed by atoms with Crippen LogP contribution in [-0.4, -0.2) is 40.2 Å². The molecule has 6 heteroatoms. The lowest BCUT2D eigenvalue weighted by atomic mass is 10.1. The van der Waals surface area contributed by atoms with E-state index in [1.54, 1.807) is 6.07 Å². The summed E-state index contributed by atoms with van der Waals surface area (Å²) in [6.45, 7) is 1.20. The molecular formula is C15H22FN3O2. The third-order valence-electron chi connectivity index (χ3n) is 3.98. The van der Waals surface area contributed by atoms with E-state index < -0.39 is 5.82 Å². The molecule has 0 atom stereocenters. The number of aliphatic hydroxyl groups is 1. The zero-order valence-corrected chi connectivity index (χ0v) is 12.0. The van der Waals surface area contributed by atoms with Gasteiger partial charge in [0.25, 0.3) is 0 Å². The van der Waals surface area contributed by atoms with Gasteiger partial charge in [-0.05, 0) is 36.6 Å². The molecule has 116 valence electrons. The van der Waals surface area contributed by atoms with E-state index in [0.717, 1.165) is 18.4 Å². The summed E-state index contributed by atoms with van der Waals surface area (Å²) in [6, 6.07) is 4.85. The van der Waals surface area contributed by atoms with Crippen molar-refractivity contribution in [3.63, 3.8) is 0 Å². The molecule has 1 aromatic rings. The number of oxime groups is 1. The Morgan fingerprint density at radius 2 is 2.05 bits per heavy atom. The number of aliphatic hydroxyl groups excluding tert-OH is 1. The maximum Gasteiger partial charge on any atom is 0.170 e. The molecule has 0 aromatic heterocycles. The minimum atomic E-state index is -0.413. The molecule has 0 unspecified atom stereocenters. The number of hydrogen-bond acceptors (Lipinski definition) is 4. The van der Waals surface area contributed by atoms with E-state index in [4.69, 9.17) is 10.9 Å². The molecule has 4 N–H and O–H groups in total. The van der Waals surface area contributed by atoms with E-state index in [1.165, 1.54) is 25.0 Å². The molecule has 0 radical (unpaired) electrons. The van der Waals surface area contributed by atoms with Gasteiger partial charge >= 0.3 is 0 Å². The normalized spacial score (nSPS) is 16.8. The van der Waals surface area contributed by atoms with Gasteiger partial charge in [0, 0.05) is 24.7 Å². The highest BCUT2D eigenvalue weighted by atomic mass is 19.1. The fourth-order valence-electron chi connectivity index (χ4n) is 2.97. The summed E-state index contributed by atoms with van der Waals surface area (Å²) in [4.78, 5) is 2.18. The Balaban J connectivity index is 2.17. The van der Waals surface area contributed by atoms with Gasteiger partial charge in [0.05, 0.1) is 6.61 Å². The van der Waals surface area contributed by atoms with Gasteiger partial charge in [-0.25, -0.2) is 4.39 Å². The van der Waals surface area contributed by atoms with Crippen LogP contribution in [0.5, 0.6) is 0 Å². The molecule has 21 heavy (non-hydrogen) atoms. The van der Waals surface area contributed by atoms with Crippen molar-refractivity contribution in [2.24, 2.45) is 10.9 Å². The summed E-state index contributed by atoms with van der Waals surface area (Å²) in [5.74, 6) is -0.519. The monoisotopic (exact) mass is 295 g/mol. The van der Waals surface area contributed by atoms with Gasteiger partial charge in [-0.2, -0.15) is 0 Å². The number of amidine groups is 1. The van der Waals surface area contributed by atoms with E-state index in [1.807, 2.05) is 0 Å². The van der Waals surface area contributed by atoms with Crippen LogP contribution in [0.2, 0.25) is 0 Å². The molecule has 1 fully saturated rings. The molecule has 0 aliphatic heterocycles. The number of nitrogens with zero attached hydrogens (tertiary/aromatic N) is 2. The molecule has 0 heterocycles. The molecule has 1 aliphatic rings. The van der Waals surface area contributed by atoms with Crippen LogP contribution in [0.15, 0.2) is 23.4 Å². The maximum absolute atomic E-state index is 13.7. The molecule has 1 aromatic carbocycles. The lowest BCUT2D eigenvalue weighted by Gasteiger charge is -2.28. The summed E-state index contributed by atoms with van der Waals surface area (Å²) >= 11 is 0. The molecular weight excluding hydrogens is 273 g/mol. The summed E-state index contributed by atoms with van der Waals surface area (Å²) < 4.78 is 13.7. The predicted molar refractivity (Wildman–Crippen MR) is 78.7 cm³/mol. The van der Waals surface area contributed by atoms with E-state index in [0.29, 0.717) is 24.7 Å². The van der Waals surface area contributed by atoms with Crippen LogP contribution in [0.4, 0.5) is 4.39 Å². The quantitative estimate of drug-likeness (QED) is 0.323. The molecule has 0 saturated heterocycles. The summed E-state index contributed by atoms with van der Waals surface area (Å²) in [7, 11) is 0. The second kappa shape index (κ2) is 7.38. The standard InChI is InChI=1S/C15H22FN3O2/c16-13-8-11(7-12(9-13)15(17)18-21)10-19(5-6-20)14-3-1-2-4-14/h7-9,14,20-21H,1-6,10H2,(H2,17,18). The summed E-state index contributed by atoms with van der Waals surface area (Å²) in [6.07, 6.45) is 4.63. The number of nitrogens with two attached hydrogens (primary N) is 1. The van der Waals surface area contributed by atoms with Crippen molar-refractivity contribution in [1.29, 1.82) is 0 Å². The number of benzene rings is 1. The van der Waals surface area contributed by atoms with Gasteiger partial charge in [-0.3, -0.25) is 4.90 Å². The van der Waals surface area contributed by atoms with E-state index >= 15 is 0 Å². The Hall–Kier alpha value is -1.66. The molecule has 1 saturated carbocycles. The second-order valence-corrected chi connectivity index (χ2v) is 5.47. The van der Waals surface area contributed by atoms with E-state index in [2.05, 4.69) is 10.1 Å². The molecule has 2 rings (SSSR count). The molecule has 1 aliphatic carbocycles. The van der Waals surface area contributed by atoms with Gasteiger partial charge < -0.3 is 16.0 Å². The van der Waals surface area contributed by atoms with Crippen molar-refractivity contribution in [2.75, 3.05) is 13.2 Å². The van der Waals surface area contributed by atoms with Crippen molar-refractivity contribution >= 4 is 5.84 Å². The summed E-state index contributed by atoms with van der Waals surface area (Å²) in [5, 5.41) is 20.8. The van der Waals surface area contributed by atoms with Crippen LogP contribution in [0, 0.1) is 5.82 Å². The first-order valence-corrected chi connectivity index (χ1v) is 7.26. The SMILES string of the molecule is N/C(=N/O)c1cc(F)cc(CN(CCO)C2CCCC2)c1. The van der Waals surface area contributed by atoms with E-state index in [9.17, 15) is 9.50 Å². The Morgan fingerprint density at radius 3 is 2.67 bits per heavy atom. The largest absolute Gasteiger partial charge is 0.409 e. The minimum Gasteiger partial charge on any atom is -0.409 e. The van der Waals surface area contributed by atoms with Gasteiger partial charge in [-0.15, -0.1) is 0 Å². The van der Waals surface area contributed by atoms with Gasteiger partial charge in [0.2, 0.25) is 0 Å². The van der Waals surface area contributed by atoms with Crippen LogP contribution >= 0.6 is 0 Å². The fourth-order valence-corrected chi connectivity index (χ4v) is 2.97. The van der Waals surface area contributed by atoms with Gasteiger partial charge in [-0.1, -0.05) is 18.0 Å². The molecule has 5 nitrogen and oxygen atoms in total. The van der Waals surface area contributed by atoms with Crippen molar-refractivity contribution in [3.05, 3.63) is 35.1 Å². The minimum absolute atomic E-state index is 0.0823. The first kappa shape index (κ1) is 15.7. The highest BCUT2D eigenvalue weighted by Gasteiger charge is 2.22. The van der Waals surface area contributed by atoms with Crippen LogP contribution in [-0.2, 0) is 6.54 Å². The van der Waals surface area contributed by atoms with Crippen molar-refractivity contribution < 1.29 is 14.7 Å². The summed E-state index contributed by atoms with van der Waals surface area (Å²) in [5.41, 5.74) is 6.65. The third kappa shape index (κ3) is 4.15. The highest BCUT2D eigenvalue weighted by Crippen LogP contribution is 2.25. The Labute approximate surface area is 123 Å². The second-order valence-electron chi connectivity index (χ2n) is 5.47. The average molecular weight is 295 g/mol. The van der Waals surface area contributed by atoms with Gasteiger partial charge in [0.15, 0.2) is 5.84 Å². The first-order valence-electron chi connectivity index (χ1n) is 7.26. The first-order chi connectivity index (χ1) is 10.1. The number of halogens is 1. The van der Waals surface area contributed by atoms with Crippen molar-refractivity contribution in [1.82, 2.24) is 4.90 Å². The Bertz CT molecular complexity index is 502. The predicted octanol–water partition coefficient (Wildman–Crippen LogP) is 1.66. The Kier molecular flexibility index (Phi) is 5.52. The molecule has 0 spiro atoms.